The molecule has 5 nitrogen and oxygen atoms in total. The summed E-state index contributed by atoms with van der Waals surface area (Å²) < 4.78 is 17.1. The fourth-order valence-electron chi connectivity index (χ4n) is 1.91. The summed E-state index contributed by atoms with van der Waals surface area (Å²) in [7, 11) is 0. The predicted octanol–water partition coefficient (Wildman–Crippen LogP) is 1.58. The molecule has 0 fully saturated rings. The van der Waals surface area contributed by atoms with Crippen molar-refractivity contribution in [1.29, 1.82) is 0 Å². The van der Waals surface area contributed by atoms with E-state index in [-0.39, 0.29) is 25.2 Å². The van der Waals surface area contributed by atoms with E-state index in [0.717, 1.165) is 5.56 Å². The van der Waals surface area contributed by atoms with Crippen molar-refractivity contribution in [3.63, 3.8) is 0 Å². The van der Waals surface area contributed by atoms with Crippen LogP contribution in [0.5, 0.6) is 5.75 Å². The first-order valence-electron chi connectivity index (χ1n) is 6.70. The molecule has 0 heterocycles. The normalized spacial score (nSPS) is 13.5. The molecule has 0 aliphatic heterocycles. The van der Waals surface area contributed by atoms with Gasteiger partial charge in [0, 0.05) is 0 Å². The number of ketones is 1. The summed E-state index contributed by atoms with van der Waals surface area (Å²) in [4.78, 5) is 22.4. The molecule has 1 rings (SSSR count). The van der Waals surface area contributed by atoms with Gasteiger partial charge in [-0.25, -0.2) is 4.39 Å². The first kappa shape index (κ1) is 17.1. The van der Waals surface area contributed by atoms with Crippen LogP contribution in [-0.2, 0) is 16.0 Å². The number of carboxylic acid groups (broad SMARTS) is 1. The van der Waals surface area contributed by atoms with Gasteiger partial charge in [-0.1, -0.05) is 12.1 Å². The third-order valence-electron chi connectivity index (χ3n) is 3.16. The summed E-state index contributed by atoms with van der Waals surface area (Å²) >= 11 is 0. The fourth-order valence-corrected chi connectivity index (χ4v) is 1.91. The number of carbonyl (C=O) groups is 2. The minimum atomic E-state index is -0.982. The van der Waals surface area contributed by atoms with E-state index in [0.29, 0.717) is 5.75 Å². The van der Waals surface area contributed by atoms with Gasteiger partial charge in [0.2, 0.25) is 0 Å². The molecule has 116 valence electrons. The van der Waals surface area contributed by atoms with Gasteiger partial charge < -0.3 is 15.6 Å². The molecule has 0 aromatic heterocycles. The molecule has 3 N–H and O–H groups in total. The first-order valence-corrected chi connectivity index (χ1v) is 6.70. The lowest BCUT2D eigenvalue weighted by molar-refractivity contribution is -0.142. The molecule has 0 aliphatic rings. The molecule has 0 radical (unpaired) electrons. The van der Waals surface area contributed by atoms with E-state index >= 15 is 0 Å². The Labute approximate surface area is 122 Å². The number of benzene rings is 1. The Morgan fingerprint density at radius 3 is 2.43 bits per heavy atom. The van der Waals surface area contributed by atoms with Crippen LogP contribution < -0.4 is 10.5 Å². The topological polar surface area (TPSA) is 89.6 Å². The molecule has 0 saturated heterocycles. The van der Waals surface area contributed by atoms with Gasteiger partial charge in [-0.3, -0.25) is 9.59 Å². The zero-order valence-corrected chi connectivity index (χ0v) is 11.9. The maximum absolute atomic E-state index is 12.0. The number of alkyl halides is 1. The fraction of sp³-hybridized carbons (Fsp3) is 0.467. The van der Waals surface area contributed by atoms with Crippen molar-refractivity contribution in [2.24, 2.45) is 11.7 Å². The van der Waals surface area contributed by atoms with Crippen LogP contribution in [0.1, 0.15) is 18.9 Å². The lowest BCUT2D eigenvalue weighted by atomic mass is 9.92. The zero-order valence-electron chi connectivity index (χ0n) is 11.9. The molecule has 1 aromatic carbocycles. The number of hydrogen-bond acceptors (Lipinski definition) is 4. The smallest absolute Gasteiger partial charge is 0.306 e. The lowest BCUT2D eigenvalue weighted by Gasteiger charge is -2.16. The average Bonchev–Trinajstić information content (AvgIpc) is 2.45. The molecule has 2 atom stereocenters. The Bertz CT molecular complexity index is 475. The molecule has 6 heteroatoms. The Hall–Kier alpha value is -1.95. The summed E-state index contributed by atoms with van der Waals surface area (Å²) in [5, 5.41) is 9.20. The van der Waals surface area contributed by atoms with Gasteiger partial charge in [0.15, 0.2) is 0 Å². The van der Waals surface area contributed by atoms with Gasteiger partial charge in [-0.15, -0.1) is 0 Å². The summed E-state index contributed by atoms with van der Waals surface area (Å²) in [6.07, 6.45) is 0.379. The average molecular weight is 297 g/mol. The molecular weight excluding hydrogens is 277 g/mol. The third kappa shape index (κ3) is 5.91. The Morgan fingerprint density at radius 1 is 1.33 bits per heavy atom. The predicted molar refractivity (Wildman–Crippen MR) is 76.0 cm³/mol. The quantitative estimate of drug-likeness (QED) is 0.722. The van der Waals surface area contributed by atoms with Gasteiger partial charge in [-0.05, 0) is 37.5 Å². The van der Waals surface area contributed by atoms with Crippen molar-refractivity contribution < 1.29 is 23.8 Å². The highest BCUT2D eigenvalue weighted by atomic mass is 19.1. The highest BCUT2D eigenvalue weighted by molar-refractivity contribution is 5.82. The highest BCUT2D eigenvalue weighted by Crippen LogP contribution is 2.18. The monoisotopic (exact) mass is 297 g/mol. The van der Waals surface area contributed by atoms with Crippen molar-refractivity contribution >= 4 is 11.8 Å². The number of carbonyl (C=O) groups excluding carboxylic acids is 1. The van der Waals surface area contributed by atoms with E-state index in [4.69, 9.17) is 10.5 Å². The van der Waals surface area contributed by atoms with E-state index in [2.05, 4.69) is 0 Å². The van der Waals surface area contributed by atoms with Crippen molar-refractivity contribution in [1.82, 2.24) is 0 Å². The Morgan fingerprint density at radius 2 is 1.95 bits per heavy atom. The van der Waals surface area contributed by atoms with Gasteiger partial charge in [0.05, 0.1) is 12.0 Å². The second kappa shape index (κ2) is 8.36. The van der Waals surface area contributed by atoms with Crippen LogP contribution in [0.15, 0.2) is 24.3 Å². The number of halogens is 1. The summed E-state index contributed by atoms with van der Waals surface area (Å²) in [6, 6.07) is 6.01. The molecular formula is C15H20FNO4. The van der Waals surface area contributed by atoms with Crippen LogP contribution in [0.4, 0.5) is 4.39 Å². The van der Waals surface area contributed by atoms with Crippen LogP contribution in [0.2, 0.25) is 0 Å². The van der Waals surface area contributed by atoms with E-state index in [1.54, 1.807) is 24.3 Å². The summed E-state index contributed by atoms with van der Waals surface area (Å²) in [5.41, 5.74) is 6.42. The van der Waals surface area contributed by atoms with Crippen LogP contribution in [0.25, 0.3) is 0 Å². The van der Waals surface area contributed by atoms with Crippen LogP contribution >= 0.6 is 0 Å². The molecule has 1 aromatic rings. The van der Waals surface area contributed by atoms with Crippen molar-refractivity contribution in [3.05, 3.63) is 29.8 Å². The van der Waals surface area contributed by atoms with Gasteiger partial charge >= 0.3 is 5.97 Å². The Kier molecular flexibility index (Phi) is 6.81. The number of ether oxygens (including phenoxy) is 1. The largest absolute Gasteiger partial charge is 0.491 e. The highest BCUT2D eigenvalue weighted by Gasteiger charge is 2.23. The van der Waals surface area contributed by atoms with E-state index in [1.165, 1.54) is 6.92 Å². The van der Waals surface area contributed by atoms with Gasteiger partial charge in [0.1, 0.15) is 24.8 Å². The van der Waals surface area contributed by atoms with Crippen LogP contribution in [0.3, 0.4) is 0 Å². The van der Waals surface area contributed by atoms with E-state index in [9.17, 15) is 19.1 Å². The van der Waals surface area contributed by atoms with Gasteiger partial charge in [0.25, 0.3) is 0 Å². The molecule has 0 saturated carbocycles. The minimum Gasteiger partial charge on any atom is -0.491 e. The maximum Gasteiger partial charge on any atom is 0.306 e. The molecule has 0 bridgehead atoms. The number of aliphatic carboxylic acids is 1. The summed E-state index contributed by atoms with van der Waals surface area (Å²) in [6.45, 7) is 0.775. The standard InChI is InChI=1S/C15H20FNO4/c1-10(18)14(17)9-12(15(19)20)8-11-2-4-13(5-3-11)21-7-6-16/h2-5,12,14H,6-9,17H2,1H3,(H,19,20)/t12-,14-/m0/s1. The zero-order chi connectivity index (χ0) is 15.8. The SMILES string of the molecule is CC(=O)[C@@H](N)C[C@H](Cc1ccc(OCCF)cc1)C(=O)O. The second-order valence-electron chi connectivity index (χ2n) is 4.87. The van der Waals surface area contributed by atoms with Crippen LogP contribution in [0, 0.1) is 5.92 Å². The number of hydrogen-bond donors (Lipinski definition) is 2. The maximum atomic E-state index is 12.0. The van der Waals surface area contributed by atoms with Crippen molar-refractivity contribution in [3.8, 4) is 5.75 Å². The van der Waals surface area contributed by atoms with Crippen LogP contribution in [-0.4, -0.2) is 36.2 Å². The Balaban J connectivity index is 2.66. The molecule has 0 unspecified atom stereocenters. The van der Waals surface area contributed by atoms with E-state index < -0.39 is 24.6 Å². The van der Waals surface area contributed by atoms with Crippen molar-refractivity contribution in [2.75, 3.05) is 13.3 Å². The second-order valence-corrected chi connectivity index (χ2v) is 4.87. The summed E-state index contributed by atoms with van der Waals surface area (Å²) in [5.74, 6) is -1.40. The van der Waals surface area contributed by atoms with Gasteiger partial charge in [-0.2, -0.15) is 0 Å². The van der Waals surface area contributed by atoms with E-state index in [1.807, 2.05) is 0 Å². The van der Waals surface area contributed by atoms with Crippen molar-refractivity contribution in [2.45, 2.75) is 25.8 Å². The first-order chi connectivity index (χ1) is 9.93. The number of rotatable bonds is 9. The lowest BCUT2D eigenvalue weighted by Crippen LogP contribution is -2.33. The molecule has 0 amide bonds. The number of carboxylic acids is 1. The number of nitrogens with two attached hydrogens (primary N) is 1. The third-order valence-corrected chi connectivity index (χ3v) is 3.16. The molecule has 0 spiro atoms. The number of Topliss-reactive ketones (excluding diaryl/α,β-unsaturated/α-hetero) is 1. The molecule has 21 heavy (non-hydrogen) atoms. The minimum absolute atomic E-state index is 0.00936. The molecule has 0 aliphatic carbocycles.